The number of aryl methyl sites for hydroxylation is 1. The highest BCUT2D eigenvalue weighted by molar-refractivity contribution is 5.25. The quantitative estimate of drug-likeness (QED) is 0.734. The van der Waals surface area contributed by atoms with Crippen molar-refractivity contribution < 1.29 is 4.39 Å². The number of benzene rings is 1. The minimum atomic E-state index is -0.102. The van der Waals surface area contributed by atoms with E-state index >= 15 is 0 Å². The SMILES string of the molecule is CCCNCC(C)c1ccc(C)c(F)c1. The molecule has 1 nitrogen and oxygen atoms in total. The van der Waals surface area contributed by atoms with E-state index in [2.05, 4.69) is 19.2 Å². The van der Waals surface area contributed by atoms with Gasteiger partial charge in [-0.3, -0.25) is 0 Å². The van der Waals surface area contributed by atoms with Gasteiger partial charge < -0.3 is 5.32 Å². The molecule has 0 aliphatic carbocycles. The lowest BCUT2D eigenvalue weighted by atomic mass is 9.99. The Morgan fingerprint density at radius 1 is 1.40 bits per heavy atom. The molecule has 0 saturated carbocycles. The van der Waals surface area contributed by atoms with Crippen LogP contribution in [-0.4, -0.2) is 13.1 Å². The van der Waals surface area contributed by atoms with Crippen molar-refractivity contribution in [3.63, 3.8) is 0 Å². The number of halogens is 1. The second-order valence-electron chi connectivity index (χ2n) is 4.11. The van der Waals surface area contributed by atoms with Crippen LogP contribution in [0.5, 0.6) is 0 Å². The molecule has 2 heteroatoms. The maximum absolute atomic E-state index is 13.3. The third-order valence-electron chi connectivity index (χ3n) is 2.64. The summed E-state index contributed by atoms with van der Waals surface area (Å²) in [5.74, 6) is 0.265. The molecule has 0 radical (unpaired) electrons. The predicted octanol–water partition coefficient (Wildman–Crippen LogP) is 3.24. The van der Waals surface area contributed by atoms with Gasteiger partial charge in [-0.05, 0) is 43.0 Å². The molecule has 0 saturated heterocycles. The van der Waals surface area contributed by atoms with Crippen LogP contribution in [-0.2, 0) is 0 Å². The zero-order valence-corrected chi connectivity index (χ0v) is 9.81. The number of rotatable bonds is 5. The third-order valence-corrected chi connectivity index (χ3v) is 2.64. The Morgan fingerprint density at radius 2 is 2.13 bits per heavy atom. The third kappa shape index (κ3) is 3.63. The first-order chi connectivity index (χ1) is 7.15. The van der Waals surface area contributed by atoms with Crippen LogP contribution in [0.15, 0.2) is 18.2 Å². The van der Waals surface area contributed by atoms with Crippen LogP contribution in [0, 0.1) is 12.7 Å². The van der Waals surface area contributed by atoms with Crippen molar-refractivity contribution in [1.29, 1.82) is 0 Å². The Bertz CT molecular complexity index is 309. The van der Waals surface area contributed by atoms with Gasteiger partial charge in [-0.1, -0.05) is 26.0 Å². The van der Waals surface area contributed by atoms with Gasteiger partial charge in [0.05, 0.1) is 0 Å². The van der Waals surface area contributed by atoms with Crippen LogP contribution >= 0.6 is 0 Å². The van der Waals surface area contributed by atoms with Crippen LogP contribution in [0.2, 0.25) is 0 Å². The molecule has 1 aromatic rings. The van der Waals surface area contributed by atoms with Gasteiger partial charge in [0.1, 0.15) is 5.82 Å². The Kier molecular flexibility index (Phi) is 4.76. The maximum atomic E-state index is 13.3. The van der Waals surface area contributed by atoms with Gasteiger partial charge in [-0.15, -0.1) is 0 Å². The monoisotopic (exact) mass is 209 g/mol. The second kappa shape index (κ2) is 5.86. The molecule has 0 aromatic heterocycles. The Hall–Kier alpha value is -0.890. The molecule has 0 aliphatic rings. The van der Waals surface area contributed by atoms with E-state index in [0.29, 0.717) is 11.5 Å². The van der Waals surface area contributed by atoms with E-state index in [4.69, 9.17) is 0 Å². The lowest BCUT2D eigenvalue weighted by Gasteiger charge is -2.13. The van der Waals surface area contributed by atoms with Crippen LogP contribution < -0.4 is 5.32 Å². The van der Waals surface area contributed by atoms with Crippen molar-refractivity contribution in [2.45, 2.75) is 33.1 Å². The molecule has 15 heavy (non-hydrogen) atoms. The summed E-state index contributed by atoms with van der Waals surface area (Å²) in [6.45, 7) is 7.99. The van der Waals surface area contributed by atoms with Crippen molar-refractivity contribution >= 4 is 0 Å². The van der Waals surface area contributed by atoms with Crippen LogP contribution in [0.3, 0.4) is 0 Å². The standard InChI is InChI=1S/C13H20FN/c1-4-7-15-9-11(3)12-6-5-10(2)13(14)8-12/h5-6,8,11,15H,4,7,9H2,1-3H3. The minimum Gasteiger partial charge on any atom is -0.316 e. The second-order valence-corrected chi connectivity index (χ2v) is 4.11. The average molecular weight is 209 g/mol. The fourth-order valence-corrected chi connectivity index (χ4v) is 1.53. The predicted molar refractivity (Wildman–Crippen MR) is 62.7 cm³/mol. The summed E-state index contributed by atoms with van der Waals surface area (Å²) >= 11 is 0. The fraction of sp³-hybridized carbons (Fsp3) is 0.538. The average Bonchev–Trinajstić information content (AvgIpc) is 2.22. The van der Waals surface area contributed by atoms with Gasteiger partial charge in [0, 0.05) is 6.54 Å². The van der Waals surface area contributed by atoms with Crippen LogP contribution in [0.25, 0.3) is 0 Å². The van der Waals surface area contributed by atoms with E-state index in [1.54, 1.807) is 13.0 Å². The van der Waals surface area contributed by atoms with E-state index in [-0.39, 0.29) is 5.82 Å². The van der Waals surface area contributed by atoms with Gasteiger partial charge in [-0.2, -0.15) is 0 Å². The summed E-state index contributed by atoms with van der Waals surface area (Å²) in [5, 5.41) is 3.34. The molecule has 1 rings (SSSR count). The highest BCUT2D eigenvalue weighted by Gasteiger charge is 2.06. The molecular weight excluding hydrogens is 189 g/mol. The summed E-state index contributed by atoms with van der Waals surface area (Å²) in [6.07, 6.45) is 1.13. The molecule has 84 valence electrons. The van der Waals surface area contributed by atoms with Gasteiger partial charge in [0.2, 0.25) is 0 Å². The molecule has 1 N–H and O–H groups in total. The zero-order valence-electron chi connectivity index (χ0n) is 9.81. The first-order valence-corrected chi connectivity index (χ1v) is 5.62. The number of hydrogen-bond acceptors (Lipinski definition) is 1. The van der Waals surface area contributed by atoms with Gasteiger partial charge in [0.25, 0.3) is 0 Å². The Morgan fingerprint density at radius 3 is 2.73 bits per heavy atom. The molecule has 1 unspecified atom stereocenters. The largest absolute Gasteiger partial charge is 0.316 e. The summed E-state index contributed by atoms with van der Waals surface area (Å²) < 4.78 is 13.3. The molecule has 0 amide bonds. The highest BCUT2D eigenvalue weighted by atomic mass is 19.1. The van der Waals surface area contributed by atoms with E-state index < -0.39 is 0 Å². The zero-order chi connectivity index (χ0) is 11.3. The van der Waals surface area contributed by atoms with Crippen molar-refractivity contribution in [3.8, 4) is 0 Å². The summed E-state index contributed by atoms with van der Waals surface area (Å²) in [6, 6.07) is 5.51. The van der Waals surface area contributed by atoms with Crippen molar-refractivity contribution in [3.05, 3.63) is 35.1 Å². The summed E-state index contributed by atoms with van der Waals surface area (Å²) in [7, 11) is 0. The first kappa shape index (κ1) is 12.2. The first-order valence-electron chi connectivity index (χ1n) is 5.62. The molecule has 0 heterocycles. The smallest absolute Gasteiger partial charge is 0.126 e. The lowest BCUT2D eigenvalue weighted by Crippen LogP contribution is -2.20. The lowest BCUT2D eigenvalue weighted by molar-refractivity contribution is 0.592. The molecule has 0 bridgehead atoms. The molecule has 0 fully saturated rings. The van der Waals surface area contributed by atoms with Crippen molar-refractivity contribution in [2.75, 3.05) is 13.1 Å². The molecular formula is C13H20FN. The van der Waals surface area contributed by atoms with Gasteiger partial charge in [0.15, 0.2) is 0 Å². The summed E-state index contributed by atoms with van der Waals surface area (Å²) in [4.78, 5) is 0. The molecule has 0 spiro atoms. The van der Waals surface area contributed by atoms with Crippen molar-refractivity contribution in [2.24, 2.45) is 0 Å². The van der Waals surface area contributed by atoms with Crippen LogP contribution in [0.4, 0.5) is 4.39 Å². The van der Waals surface area contributed by atoms with E-state index in [1.807, 2.05) is 12.1 Å². The molecule has 0 aliphatic heterocycles. The van der Waals surface area contributed by atoms with Crippen LogP contribution in [0.1, 0.15) is 37.3 Å². The maximum Gasteiger partial charge on any atom is 0.126 e. The topological polar surface area (TPSA) is 12.0 Å². The summed E-state index contributed by atoms with van der Waals surface area (Å²) in [5.41, 5.74) is 1.79. The Balaban J connectivity index is 2.57. The van der Waals surface area contributed by atoms with Gasteiger partial charge >= 0.3 is 0 Å². The Labute approximate surface area is 91.7 Å². The fourth-order valence-electron chi connectivity index (χ4n) is 1.53. The van der Waals surface area contributed by atoms with E-state index in [1.165, 1.54) is 0 Å². The van der Waals surface area contributed by atoms with E-state index in [0.717, 1.165) is 25.1 Å². The highest BCUT2D eigenvalue weighted by Crippen LogP contribution is 2.17. The minimum absolute atomic E-state index is 0.102. The van der Waals surface area contributed by atoms with Gasteiger partial charge in [-0.25, -0.2) is 4.39 Å². The van der Waals surface area contributed by atoms with Crippen molar-refractivity contribution in [1.82, 2.24) is 5.32 Å². The number of hydrogen-bond donors (Lipinski definition) is 1. The number of nitrogens with one attached hydrogen (secondary N) is 1. The molecule has 1 aromatic carbocycles. The normalized spacial score (nSPS) is 12.8. The van der Waals surface area contributed by atoms with E-state index in [9.17, 15) is 4.39 Å². The molecule has 1 atom stereocenters.